The summed E-state index contributed by atoms with van der Waals surface area (Å²) in [4.78, 5) is 0.196. The average Bonchev–Trinajstić information content (AvgIpc) is 2.62. The number of rotatable bonds is 5. The number of aromatic nitrogens is 2. The van der Waals surface area contributed by atoms with Gasteiger partial charge in [0.05, 0.1) is 4.90 Å². The summed E-state index contributed by atoms with van der Waals surface area (Å²) in [6.45, 7) is 0.538. The van der Waals surface area contributed by atoms with Crippen LogP contribution in [0.15, 0.2) is 76.7 Å². The summed E-state index contributed by atoms with van der Waals surface area (Å²) in [6.07, 6.45) is 0. The Morgan fingerprint density at radius 2 is 1.58 bits per heavy atom. The first-order chi connectivity index (χ1) is 11.6. The van der Waals surface area contributed by atoms with Gasteiger partial charge in [0, 0.05) is 11.6 Å². The van der Waals surface area contributed by atoms with Crippen LogP contribution in [0.1, 0.15) is 5.56 Å². The number of anilines is 1. The van der Waals surface area contributed by atoms with Crippen LogP contribution in [0.3, 0.4) is 0 Å². The lowest BCUT2D eigenvalue weighted by Crippen LogP contribution is -2.08. The average molecular weight is 360 g/mol. The number of halogens is 1. The Kier molecular flexibility index (Phi) is 4.78. The summed E-state index contributed by atoms with van der Waals surface area (Å²) in [5, 5.41) is 11.5. The monoisotopic (exact) mass is 359 g/mol. The summed E-state index contributed by atoms with van der Waals surface area (Å²) in [6, 6.07) is 18.6. The molecule has 2 aromatic carbocycles. The summed E-state index contributed by atoms with van der Waals surface area (Å²) in [5.41, 5.74) is 1.03. The number of hydrogen-bond donors (Lipinski definition) is 1. The van der Waals surface area contributed by atoms with E-state index in [4.69, 9.17) is 11.6 Å². The fourth-order valence-corrected chi connectivity index (χ4v) is 3.35. The van der Waals surface area contributed by atoms with Gasteiger partial charge >= 0.3 is 0 Å². The van der Waals surface area contributed by atoms with Crippen LogP contribution in [-0.4, -0.2) is 18.6 Å². The molecule has 1 aromatic heterocycles. The molecule has 0 amide bonds. The van der Waals surface area contributed by atoms with Gasteiger partial charge in [-0.15, -0.1) is 10.2 Å². The topological polar surface area (TPSA) is 72.0 Å². The van der Waals surface area contributed by atoms with Gasteiger partial charge in [-0.2, -0.15) is 0 Å². The molecule has 1 N–H and O–H groups in total. The molecule has 0 unspecified atom stereocenters. The Hall–Kier alpha value is -2.44. The third-order valence-corrected chi connectivity index (χ3v) is 5.27. The third-order valence-electron chi connectivity index (χ3n) is 3.36. The van der Waals surface area contributed by atoms with Crippen LogP contribution in [0.4, 0.5) is 5.82 Å². The Morgan fingerprint density at radius 3 is 2.21 bits per heavy atom. The summed E-state index contributed by atoms with van der Waals surface area (Å²) >= 11 is 5.84. The van der Waals surface area contributed by atoms with Crippen molar-refractivity contribution in [3.05, 3.63) is 77.3 Å². The normalized spacial score (nSPS) is 11.2. The highest BCUT2D eigenvalue weighted by molar-refractivity contribution is 7.91. The standard InChI is InChI=1S/C17H14ClN3O2S/c18-14-8-6-13(7-9-14)12-19-16-10-11-17(21-20-16)24(22,23)15-4-2-1-3-5-15/h1-11H,12H2,(H,19,20). The molecule has 1 heterocycles. The van der Waals surface area contributed by atoms with Gasteiger partial charge in [-0.3, -0.25) is 0 Å². The van der Waals surface area contributed by atoms with Crippen LogP contribution in [0.5, 0.6) is 0 Å². The molecular weight excluding hydrogens is 346 g/mol. The van der Waals surface area contributed by atoms with Gasteiger partial charge in [-0.05, 0) is 42.0 Å². The van der Waals surface area contributed by atoms with E-state index in [1.54, 1.807) is 36.4 Å². The van der Waals surface area contributed by atoms with E-state index in [-0.39, 0.29) is 9.92 Å². The number of benzene rings is 2. The molecule has 0 atom stereocenters. The molecule has 7 heteroatoms. The maximum atomic E-state index is 12.4. The second kappa shape index (κ2) is 6.98. The van der Waals surface area contributed by atoms with Gasteiger partial charge in [0.2, 0.25) is 9.84 Å². The van der Waals surface area contributed by atoms with E-state index in [9.17, 15) is 8.42 Å². The largest absolute Gasteiger partial charge is 0.365 e. The molecule has 3 rings (SSSR count). The summed E-state index contributed by atoms with van der Waals surface area (Å²) in [5.74, 6) is 0.497. The molecule has 0 saturated heterocycles. The van der Waals surface area contributed by atoms with Gasteiger partial charge in [0.1, 0.15) is 5.82 Å². The number of nitrogens with zero attached hydrogens (tertiary/aromatic N) is 2. The van der Waals surface area contributed by atoms with E-state index in [0.717, 1.165) is 5.56 Å². The van der Waals surface area contributed by atoms with Gasteiger partial charge in [0.15, 0.2) is 5.03 Å². The smallest absolute Gasteiger partial charge is 0.225 e. The molecule has 122 valence electrons. The van der Waals surface area contributed by atoms with E-state index in [0.29, 0.717) is 17.4 Å². The molecule has 0 radical (unpaired) electrons. The minimum atomic E-state index is -3.64. The minimum Gasteiger partial charge on any atom is -0.365 e. The van der Waals surface area contributed by atoms with Crippen molar-refractivity contribution >= 4 is 27.3 Å². The molecular formula is C17H14ClN3O2S. The second-order valence-corrected chi connectivity index (χ2v) is 7.39. The fourth-order valence-electron chi connectivity index (χ4n) is 2.07. The zero-order valence-corrected chi connectivity index (χ0v) is 14.1. The predicted molar refractivity (Wildman–Crippen MR) is 92.7 cm³/mol. The number of hydrogen-bond acceptors (Lipinski definition) is 5. The van der Waals surface area contributed by atoms with Gasteiger partial charge in [-0.1, -0.05) is 41.9 Å². The van der Waals surface area contributed by atoms with Crippen LogP contribution in [0.2, 0.25) is 5.02 Å². The molecule has 3 aromatic rings. The molecule has 0 aliphatic heterocycles. The Labute approximate surface area is 145 Å². The van der Waals surface area contributed by atoms with Crippen molar-refractivity contribution in [1.82, 2.24) is 10.2 Å². The van der Waals surface area contributed by atoms with Crippen molar-refractivity contribution in [1.29, 1.82) is 0 Å². The lowest BCUT2D eigenvalue weighted by atomic mass is 10.2. The van der Waals surface area contributed by atoms with Crippen LogP contribution in [0.25, 0.3) is 0 Å². The molecule has 0 saturated carbocycles. The zero-order chi connectivity index (χ0) is 17.0. The zero-order valence-electron chi connectivity index (χ0n) is 12.6. The third kappa shape index (κ3) is 3.72. The predicted octanol–water partition coefficient (Wildman–Crippen LogP) is 3.57. The maximum Gasteiger partial charge on any atom is 0.225 e. The maximum absolute atomic E-state index is 12.4. The molecule has 0 fully saturated rings. The lowest BCUT2D eigenvalue weighted by molar-refractivity contribution is 0.590. The van der Waals surface area contributed by atoms with E-state index in [1.807, 2.05) is 12.1 Å². The van der Waals surface area contributed by atoms with Gasteiger partial charge in [-0.25, -0.2) is 8.42 Å². The Balaban J connectivity index is 1.72. The SMILES string of the molecule is O=S(=O)(c1ccccc1)c1ccc(NCc2ccc(Cl)cc2)nn1. The number of sulfone groups is 1. The lowest BCUT2D eigenvalue weighted by Gasteiger charge is -2.07. The highest BCUT2D eigenvalue weighted by atomic mass is 35.5. The molecule has 0 bridgehead atoms. The fraction of sp³-hybridized carbons (Fsp3) is 0.0588. The Morgan fingerprint density at radius 1 is 0.875 bits per heavy atom. The first-order valence-corrected chi connectivity index (χ1v) is 9.04. The van der Waals surface area contributed by atoms with Crippen molar-refractivity contribution in [2.24, 2.45) is 0 Å². The minimum absolute atomic E-state index is 0.0780. The molecule has 0 aliphatic carbocycles. The molecule has 5 nitrogen and oxygen atoms in total. The van der Waals surface area contributed by atoms with E-state index < -0.39 is 9.84 Å². The second-order valence-electron chi connectivity index (χ2n) is 5.05. The number of nitrogens with one attached hydrogen (secondary N) is 1. The molecule has 24 heavy (non-hydrogen) atoms. The van der Waals surface area contributed by atoms with Crippen molar-refractivity contribution in [3.63, 3.8) is 0 Å². The van der Waals surface area contributed by atoms with E-state index in [2.05, 4.69) is 15.5 Å². The van der Waals surface area contributed by atoms with Crippen molar-refractivity contribution < 1.29 is 8.42 Å². The molecule has 0 aliphatic rings. The summed E-state index contributed by atoms with van der Waals surface area (Å²) < 4.78 is 24.8. The highest BCUT2D eigenvalue weighted by Gasteiger charge is 2.19. The molecule has 0 spiro atoms. The van der Waals surface area contributed by atoms with E-state index in [1.165, 1.54) is 18.2 Å². The van der Waals surface area contributed by atoms with Crippen molar-refractivity contribution in [2.45, 2.75) is 16.5 Å². The van der Waals surface area contributed by atoms with Crippen molar-refractivity contribution in [3.8, 4) is 0 Å². The highest BCUT2D eigenvalue weighted by Crippen LogP contribution is 2.19. The van der Waals surface area contributed by atoms with Crippen LogP contribution < -0.4 is 5.32 Å². The van der Waals surface area contributed by atoms with Crippen LogP contribution >= 0.6 is 11.6 Å². The Bertz CT molecular complexity index is 912. The van der Waals surface area contributed by atoms with E-state index >= 15 is 0 Å². The first-order valence-electron chi connectivity index (χ1n) is 7.18. The van der Waals surface area contributed by atoms with Gasteiger partial charge in [0.25, 0.3) is 0 Å². The first kappa shape index (κ1) is 16.4. The van der Waals surface area contributed by atoms with Crippen molar-refractivity contribution in [2.75, 3.05) is 5.32 Å². The van der Waals surface area contributed by atoms with Gasteiger partial charge < -0.3 is 5.32 Å². The quantitative estimate of drug-likeness (QED) is 0.753. The summed E-state index contributed by atoms with van der Waals surface area (Å²) in [7, 11) is -3.64. The van der Waals surface area contributed by atoms with Crippen LogP contribution in [0, 0.1) is 0 Å². The van der Waals surface area contributed by atoms with Crippen LogP contribution in [-0.2, 0) is 16.4 Å².